The molecule has 1 fully saturated rings. The minimum Gasteiger partial charge on any atom is -0.598 e. The molecule has 22 heavy (non-hydrogen) atoms. The van der Waals surface area contributed by atoms with E-state index in [9.17, 15) is 4.55 Å². The summed E-state index contributed by atoms with van der Waals surface area (Å²) in [5, 5.41) is 4.20. The first-order valence-electron chi connectivity index (χ1n) is 7.91. The number of benzene rings is 1. The van der Waals surface area contributed by atoms with E-state index in [0.29, 0.717) is 6.04 Å². The second-order valence-electron chi connectivity index (χ2n) is 5.74. The van der Waals surface area contributed by atoms with Crippen LogP contribution >= 0.6 is 11.6 Å². The van der Waals surface area contributed by atoms with Crippen LogP contribution in [0, 0.1) is 0 Å². The van der Waals surface area contributed by atoms with Crippen molar-refractivity contribution in [3.05, 3.63) is 34.9 Å². The van der Waals surface area contributed by atoms with Crippen LogP contribution < -0.4 is 10.0 Å². The molecular formula is C16H26ClN3OS. The lowest BCUT2D eigenvalue weighted by Crippen LogP contribution is -2.46. The number of nitrogens with one attached hydrogen (secondary N) is 2. The van der Waals surface area contributed by atoms with Crippen LogP contribution in [0.2, 0.25) is 5.02 Å². The molecule has 2 N–H and O–H groups in total. The Hall–Kier alpha value is -0.300. The van der Waals surface area contributed by atoms with E-state index >= 15 is 0 Å². The number of hydrogen-bond acceptors (Lipinski definition) is 4. The van der Waals surface area contributed by atoms with Crippen molar-refractivity contribution >= 4 is 23.0 Å². The molecule has 0 bridgehead atoms. The van der Waals surface area contributed by atoms with Crippen molar-refractivity contribution in [3.8, 4) is 0 Å². The number of rotatable bonds is 8. The predicted molar refractivity (Wildman–Crippen MR) is 94.7 cm³/mol. The fraction of sp³-hybridized carbons (Fsp3) is 0.625. The molecule has 0 aliphatic carbocycles. The molecule has 0 aromatic heterocycles. The maximum atomic E-state index is 11.2. The van der Waals surface area contributed by atoms with E-state index in [-0.39, 0.29) is 0 Å². The molecule has 1 aliphatic heterocycles. The number of nitrogens with zero attached hydrogens (tertiary/aromatic N) is 1. The molecule has 1 aliphatic rings. The molecule has 1 saturated heterocycles. The third kappa shape index (κ3) is 6.44. The molecule has 1 aromatic carbocycles. The molecule has 2 rings (SSSR count). The van der Waals surface area contributed by atoms with Crippen molar-refractivity contribution in [2.45, 2.75) is 25.3 Å². The van der Waals surface area contributed by atoms with Crippen LogP contribution in [0.3, 0.4) is 0 Å². The minimum absolute atomic E-state index is 0.626. The zero-order valence-electron chi connectivity index (χ0n) is 13.2. The summed E-state index contributed by atoms with van der Waals surface area (Å²) in [6.07, 6.45) is 5.09. The molecule has 0 saturated carbocycles. The van der Waals surface area contributed by atoms with Gasteiger partial charge in [0.25, 0.3) is 0 Å². The average Bonchev–Trinajstić information content (AvgIpc) is 2.53. The normalized spacial score (nSPS) is 17.8. The third-order valence-electron chi connectivity index (χ3n) is 4.13. The first-order valence-corrected chi connectivity index (χ1v) is 9.85. The van der Waals surface area contributed by atoms with Crippen molar-refractivity contribution < 1.29 is 4.55 Å². The van der Waals surface area contributed by atoms with Crippen LogP contribution in [-0.4, -0.2) is 54.5 Å². The molecule has 0 spiro atoms. The fourth-order valence-corrected chi connectivity index (χ4v) is 3.41. The standard InChI is InChI=1S/C16H26ClN3OS/c1-22(21)19-11-13-20(16-6-9-18-10-7-16)12-8-14-2-4-15(17)5-3-14/h2-5,16,18-19H,6-13H2,1H3. The fourth-order valence-electron chi connectivity index (χ4n) is 2.91. The van der Waals surface area contributed by atoms with Crippen LogP contribution in [0.25, 0.3) is 0 Å². The Labute approximate surface area is 141 Å². The molecule has 6 heteroatoms. The lowest BCUT2D eigenvalue weighted by molar-refractivity contribution is 0.166. The van der Waals surface area contributed by atoms with Crippen molar-refractivity contribution in [2.24, 2.45) is 0 Å². The maximum absolute atomic E-state index is 11.2. The quantitative estimate of drug-likeness (QED) is 0.707. The van der Waals surface area contributed by atoms with Gasteiger partial charge >= 0.3 is 0 Å². The largest absolute Gasteiger partial charge is 0.598 e. The summed E-state index contributed by atoms with van der Waals surface area (Å²) in [5.41, 5.74) is 1.32. The van der Waals surface area contributed by atoms with Gasteiger partial charge in [-0.15, -0.1) is 4.72 Å². The first kappa shape index (κ1) is 18.0. The van der Waals surface area contributed by atoms with Crippen LogP contribution in [0.1, 0.15) is 18.4 Å². The predicted octanol–water partition coefficient (Wildman–Crippen LogP) is 1.82. The summed E-state index contributed by atoms with van der Waals surface area (Å²) >= 11 is 5.01. The van der Waals surface area contributed by atoms with Gasteiger partial charge in [0.2, 0.25) is 0 Å². The van der Waals surface area contributed by atoms with E-state index in [4.69, 9.17) is 11.6 Å². The van der Waals surface area contributed by atoms with Gasteiger partial charge in [-0.1, -0.05) is 23.7 Å². The molecule has 0 amide bonds. The van der Waals surface area contributed by atoms with Crippen LogP contribution in [0.5, 0.6) is 0 Å². The van der Waals surface area contributed by atoms with Gasteiger partial charge < -0.3 is 9.87 Å². The monoisotopic (exact) mass is 343 g/mol. The van der Waals surface area contributed by atoms with Gasteiger partial charge in [-0.05, 0) is 50.0 Å². The van der Waals surface area contributed by atoms with E-state index in [1.54, 1.807) is 6.26 Å². The highest BCUT2D eigenvalue weighted by molar-refractivity contribution is 7.88. The lowest BCUT2D eigenvalue weighted by Gasteiger charge is -2.34. The second-order valence-corrected chi connectivity index (χ2v) is 7.38. The van der Waals surface area contributed by atoms with Gasteiger partial charge in [0.1, 0.15) is 6.26 Å². The molecule has 1 atom stereocenters. The van der Waals surface area contributed by atoms with Crippen LogP contribution in [0.4, 0.5) is 0 Å². The Kier molecular flexibility index (Phi) is 8.00. The first-order chi connectivity index (χ1) is 10.6. The maximum Gasteiger partial charge on any atom is 0.115 e. The van der Waals surface area contributed by atoms with Crippen molar-refractivity contribution in [1.29, 1.82) is 0 Å². The number of piperidine rings is 1. The molecular weight excluding hydrogens is 318 g/mol. The van der Waals surface area contributed by atoms with E-state index < -0.39 is 11.4 Å². The van der Waals surface area contributed by atoms with Gasteiger partial charge in [-0.3, -0.25) is 4.90 Å². The highest BCUT2D eigenvalue weighted by atomic mass is 35.5. The summed E-state index contributed by atoms with van der Waals surface area (Å²) < 4.78 is 14.2. The van der Waals surface area contributed by atoms with E-state index in [1.165, 1.54) is 18.4 Å². The van der Waals surface area contributed by atoms with Crippen molar-refractivity contribution in [1.82, 2.24) is 14.9 Å². The van der Waals surface area contributed by atoms with Gasteiger partial charge in [-0.25, -0.2) is 0 Å². The second kappa shape index (κ2) is 9.75. The highest BCUT2D eigenvalue weighted by Gasteiger charge is 2.20. The SMILES string of the molecule is C[S+]([O-])NCCN(CCc1ccc(Cl)cc1)C1CCNCC1. The van der Waals surface area contributed by atoms with Gasteiger partial charge in [0, 0.05) is 35.5 Å². The van der Waals surface area contributed by atoms with Crippen LogP contribution in [-0.2, 0) is 17.8 Å². The molecule has 0 radical (unpaired) electrons. The van der Waals surface area contributed by atoms with E-state index in [0.717, 1.165) is 44.2 Å². The number of hydrogen-bond donors (Lipinski definition) is 2. The van der Waals surface area contributed by atoms with Crippen LogP contribution in [0.15, 0.2) is 24.3 Å². The van der Waals surface area contributed by atoms with E-state index in [2.05, 4.69) is 27.1 Å². The molecule has 1 aromatic rings. The Balaban J connectivity index is 1.86. The van der Waals surface area contributed by atoms with E-state index in [1.807, 2.05) is 12.1 Å². The molecule has 124 valence electrons. The zero-order valence-corrected chi connectivity index (χ0v) is 14.8. The number of halogens is 1. The Morgan fingerprint density at radius 1 is 1.27 bits per heavy atom. The zero-order chi connectivity index (χ0) is 15.8. The average molecular weight is 344 g/mol. The van der Waals surface area contributed by atoms with Gasteiger partial charge in [0.15, 0.2) is 0 Å². The van der Waals surface area contributed by atoms with Gasteiger partial charge in [0.05, 0.1) is 6.54 Å². The van der Waals surface area contributed by atoms with Crippen molar-refractivity contribution in [2.75, 3.05) is 39.0 Å². The Morgan fingerprint density at radius 3 is 2.59 bits per heavy atom. The smallest absolute Gasteiger partial charge is 0.115 e. The Morgan fingerprint density at radius 2 is 1.95 bits per heavy atom. The molecule has 1 unspecified atom stereocenters. The van der Waals surface area contributed by atoms with Gasteiger partial charge in [-0.2, -0.15) is 0 Å². The lowest BCUT2D eigenvalue weighted by atomic mass is 10.0. The summed E-state index contributed by atoms with van der Waals surface area (Å²) in [4.78, 5) is 2.54. The van der Waals surface area contributed by atoms with Crippen molar-refractivity contribution in [3.63, 3.8) is 0 Å². The summed E-state index contributed by atoms with van der Waals surface area (Å²) in [6.45, 7) is 4.93. The summed E-state index contributed by atoms with van der Waals surface area (Å²) in [5.74, 6) is 0. The molecule has 4 nitrogen and oxygen atoms in total. The highest BCUT2D eigenvalue weighted by Crippen LogP contribution is 2.14. The summed E-state index contributed by atoms with van der Waals surface area (Å²) in [7, 11) is 0. The summed E-state index contributed by atoms with van der Waals surface area (Å²) in [6, 6.07) is 8.73. The molecule has 1 heterocycles. The third-order valence-corrected chi connectivity index (χ3v) is 4.99. The minimum atomic E-state index is -0.933. The Bertz CT molecular complexity index is 424. The topological polar surface area (TPSA) is 50.4 Å².